The number of rotatable bonds is 3. The van der Waals surface area contributed by atoms with Gasteiger partial charge in [-0.1, -0.05) is 0 Å². The maximum Gasteiger partial charge on any atom is 0.347 e. The maximum absolute atomic E-state index is 11.4. The topological polar surface area (TPSA) is 103 Å². The average molecular weight is 248 g/mol. The van der Waals surface area contributed by atoms with Crippen molar-refractivity contribution >= 4 is 5.91 Å². The minimum absolute atomic E-state index is 0.143. The fourth-order valence-electron chi connectivity index (χ4n) is 1.59. The van der Waals surface area contributed by atoms with E-state index in [1.54, 1.807) is 25.3 Å². The Kier molecular flexibility index (Phi) is 3.24. The van der Waals surface area contributed by atoms with Gasteiger partial charge >= 0.3 is 11.6 Å². The van der Waals surface area contributed by atoms with Crippen LogP contribution >= 0.6 is 0 Å². The standard InChI is InChI=1S/C11H12N4O3/c1-7-5-8(18-9(7)10(16)14-12)6-15-4-2-3-13-11(15)17/h2-5H,6,12H2,1H3,(H,14,16). The minimum Gasteiger partial charge on any atom is -0.454 e. The molecule has 3 N–H and O–H groups in total. The average Bonchev–Trinajstić information content (AvgIpc) is 2.72. The van der Waals surface area contributed by atoms with E-state index < -0.39 is 5.91 Å². The van der Waals surface area contributed by atoms with E-state index in [1.807, 2.05) is 5.43 Å². The molecule has 2 rings (SSSR count). The summed E-state index contributed by atoms with van der Waals surface area (Å²) in [5.74, 6) is 5.16. The molecule has 0 saturated heterocycles. The van der Waals surface area contributed by atoms with Crippen LogP contribution in [-0.4, -0.2) is 15.5 Å². The normalized spacial score (nSPS) is 10.3. The summed E-state index contributed by atoms with van der Waals surface area (Å²) in [5, 5.41) is 0. The molecule has 7 nitrogen and oxygen atoms in total. The highest BCUT2D eigenvalue weighted by Gasteiger charge is 2.14. The summed E-state index contributed by atoms with van der Waals surface area (Å²) in [5.41, 5.74) is 2.28. The molecule has 2 aromatic rings. The molecule has 0 aliphatic heterocycles. The van der Waals surface area contributed by atoms with Crippen molar-refractivity contribution in [2.24, 2.45) is 5.84 Å². The van der Waals surface area contributed by atoms with E-state index in [1.165, 1.54) is 10.8 Å². The fourth-order valence-corrected chi connectivity index (χ4v) is 1.59. The molecule has 0 unspecified atom stereocenters. The van der Waals surface area contributed by atoms with E-state index in [0.29, 0.717) is 11.3 Å². The molecule has 0 spiro atoms. The number of nitrogens with two attached hydrogens (primary N) is 1. The molecule has 18 heavy (non-hydrogen) atoms. The SMILES string of the molecule is Cc1cc(Cn2cccnc2=O)oc1C(=O)NN. The molecule has 2 aromatic heterocycles. The van der Waals surface area contributed by atoms with Gasteiger partial charge in [-0.05, 0) is 19.1 Å². The highest BCUT2D eigenvalue weighted by atomic mass is 16.4. The first kappa shape index (κ1) is 12.1. The smallest absolute Gasteiger partial charge is 0.347 e. The van der Waals surface area contributed by atoms with Crippen molar-refractivity contribution in [3.8, 4) is 0 Å². The van der Waals surface area contributed by atoms with Crippen LogP contribution in [0.4, 0.5) is 0 Å². The number of furan rings is 1. The Balaban J connectivity index is 2.29. The van der Waals surface area contributed by atoms with Gasteiger partial charge in [-0.25, -0.2) is 15.6 Å². The number of nitrogens with one attached hydrogen (secondary N) is 1. The Bertz CT molecular complexity index is 629. The van der Waals surface area contributed by atoms with Crippen LogP contribution in [-0.2, 0) is 6.54 Å². The van der Waals surface area contributed by atoms with Crippen LogP contribution in [0.5, 0.6) is 0 Å². The zero-order valence-electron chi connectivity index (χ0n) is 9.71. The van der Waals surface area contributed by atoms with Gasteiger partial charge in [0.15, 0.2) is 5.76 Å². The molecule has 0 atom stereocenters. The quantitative estimate of drug-likeness (QED) is 0.444. The number of hydrogen-bond donors (Lipinski definition) is 2. The molecule has 0 radical (unpaired) electrons. The third kappa shape index (κ3) is 2.30. The largest absolute Gasteiger partial charge is 0.454 e. The number of amides is 1. The molecular weight excluding hydrogens is 236 g/mol. The zero-order chi connectivity index (χ0) is 13.1. The van der Waals surface area contributed by atoms with E-state index in [0.717, 1.165) is 0 Å². The summed E-state index contributed by atoms with van der Waals surface area (Å²) in [6.45, 7) is 1.94. The van der Waals surface area contributed by atoms with Crippen LogP contribution in [0.25, 0.3) is 0 Å². The van der Waals surface area contributed by atoms with Gasteiger partial charge in [-0.3, -0.25) is 14.8 Å². The molecule has 2 heterocycles. The van der Waals surface area contributed by atoms with Crippen molar-refractivity contribution in [3.63, 3.8) is 0 Å². The second-order valence-electron chi connectivity index (χ2n) is 3.73. The number of nitrogen functional groups attached to an aromatic ring is 1. The van der Waals surface area contributed by atoms with E-state index in [4.69, 9.17) is 10.3 Å². The van der Waals surface area contributed by atoms with E-state index in [9.17, 15) is 9.59 Å². The lowest BCUT2D eigenvalue weighted by atomic mass is 10.2. The van der Waals surface area contributed by atoms with Crippen LogP contribution in [0.15, 0.2) is 33.7 Å². The molecule has 0 bridgehead atoms. The molecule has 0 aliphatic carbocycles. The molecule has 94 valence electrons. The monoisotopic (exact) mass is 248 g/mol. The molecule has 0 fully saturated rings. The second-order valence-corrected chi connectivity index (χ2v) is 3.73. The predicted molar refractivity (Wildman–Crippen MR) is 62.7 cm³/mol. The Morgan fingerprint density at radius 1 is 1.61 bits per heavy atom. The summed E-state index contributed by atoms with van der Waals surface area (Å²) < 4.78 is 6.72. The third-order valence-corrected chi connectivity index (χ3v) is 2.42. The summed E-state index contributed by atoms with van der Waals surface area (Å²) >= 11 is 0. The molecular formula is C11H12N4O3. The zero-order valence-corrected chi connectivity index (χ0v) is 9.71. The molecule has 0 saturated carbocycles. The van der Waals surface area contributed by atoms with Gasteiger partial charge in [0, 0.05) is 18.0 Å². The lowest BCUT2D eigenvalue weighted by Gasteiger charge is -2.00. The maximum atomic E-state index is 11.4. The Hall–Kier alpha value is -2.41. The van der Waals surface area contributed by atoms with Gasteiger partial charge in [0.25, 0.3) is 0 Å². The van der Waals surface area contributed by atoms with Crippen molar-refractivity contribution in [2.75, 3.05) is 0 Å². The lowest BCUT2D eigenvalue weighted by molar-refractivity contribution is 0.0923. The minimum atomic E-state index is -0.503. The number of carbonyl (C=O) groups excluding carboxylic acids is 1. The first-order chi connectivity index (χ1) is 8.61. The number of hydrazine groups is 1. The van der Waals surface area contributed by atoms with Gasteiger partial charge in [-0.15, -0.1) is 0 Å². The van der Waals surface area contributed by atoms with Crippen molar-refractivity contribution in [1.82, 2.24) is 15.0 Å². The van der Waals surface area contributed by atoms with Crippen molar-refractivity contribution in [2.45, 2.75) is 13.5 Å². The van der Waals surface area contributed by atoms with Crippen molar-refractivity contribution in [3.05, 3.63) is 52.1 Å². The number of carbonyl (C=O) groups is 1. The Morgan fingerprint density at radius 3 is 3.06 bits per heavy atom. The van der Waals surface area contributed by atoms with E-state index >= 15 is 0 Å². The first-order valence-corrected chi connectivity index (χ1v) is 5.23. The summed E-state index contributed by atoms with van der Waals surface area (Å²) in [6, 6.07) is 3.33. The molecule has 1 amide bonds. The lowest BCUT2D eigenvalue weighted by Crippen LogP contribution is -2.30. The summed E-state index contributed by atoms with van der Waals surface area (Å²) in [7, 11) is 0. The Morgan fingerprint density at radius 2 is 2.39 bits per heavy atom. The first-order valence-electron chi connectivity index (χ1n) is 5.23. The highest BCUT2D eigenvalue weighted by molar-refractivity contribution is 5.92. The Labute approximate surface area is 102 Å². The van der Waals surface area contributed by atoms with E-state index in [2.05, 4.69) is 4.98 Å². The van der Waals surface area contributed by atoms with Crippen LogP contribution in [0.1, 0.15) is 21.9 Å². The molecule has 0 aromatic carbocycles. The number of hydrogen-bond acceptors (Lipinski definition) is 5. The summed E-state index contributed by atoms with van der Waals surface area (Å²) in [6.07, 6.45) is 3.01. The number of aryl methyl sites for hydroxylation is 1. The van der Waals surface area contributed by atoms with Gasteiger partial charge < -0.3 is 4.42 Å². The van der Waals surface area contributed by atoms with Crippen LogP contribution in [0, 0.1) is 6.92 Å². The van der Waals surface area contributed by atoms with E-state index in [-0.39, 0.29) is 18.0 Å². The second kappa shape index (κ2) is 4.84. The fraction of sp³-hybridized carbons (Fsp3) is 0.182. The molecule has 0 aliphatic rings. The van der Waals surface area contributed by atoms with Gasteiger partial charge in [0.1, 0.15) is 5.76 Å². The van der Waals surface area contributed by atoms with Crippen LogP contribution < -0.4 is 17.0 Å². The molecule has 7 heteroatoms. The van der Waals surface area contributed by atoms with Gasteiger partial charge in [0.05, 0.1) is 6.54 Å². The van der Waals surface area contributed by atoms with Crippen molar-refractivity contribution in [1.29, 1.82) is 0 Å². The predicted octanol–water partition coefficient (Wildman–Crippen LogP) is -0.203. The highest BCUT2D eigenvalue weighted by Crippen LogP contribution is 2.14. The number of nitrogens with zero attached hydrogens (tertiary/aromatic N) is 2. The summed E-state index contributed by atoms with van der Waals surface area (Å²) in [4.78, 5) is 26.4. The van der Waals surface area contributed by atoms with Crippen molar-refractivity contribution < 1.29 is 9.21 Å². The van der Waals surface area contributed by atoms with Crippen LogP contribution in [0.2, 0.25) is 0 Å². The third-order valence-electron chi connectivity index (χ3n) is 2.42. The van der Waals surface area contributed by atoms with Crippen LogP contribution in [0.3, 0.4) is 0 Å². The number of aromatic nitrogens is 2. The van der Waals surface area contributed by atoms with Gasteiger partial charge in [-0.2, -0.15) is 0 Å². The van der Waals surface area contributed by atoms with Gasteiger partial charge in [0.2, 0.25) is 0 Å².